The van der Waals surface area contributed by atoms with Crippen molar-refractivity contribution in [1.82, 2.24) is 0 Å². The van der Waals surface area contributed by atoms with E-state index in [1.165, 1.54) is 0 Å². The molecule has 0 aromatic rings. The van der Waals surface area contributed by atoms with Crippen LogP contribution >= 0.6 is 0 Å². The largest absolute Gasteiger partial charge is 0.376 e. The summed E-state index contributed by atoms with van der Waals surface area (Å²) in [5.74, 6) is 0. The number of rotatable bonds is 16. The van der Waals surface area contributed by atoms with Crippen molar-refractivity contribution in [1.29, 1.82) is 0 Å². The Kier molecular flexibility index (Phi) is 21.0. The molecule has 0 saturated heterocycles. The van der Waals surface area contributed by atoms with E-state index in [0.717, 1.165) is 19.3 Å². The average molecular weight is 379 g/mol. The van der Waals surface area contributed by atoms with Gasteiger partial charge in [0.15, 0.2) is 0 Å². The van der Waals surface area contributed by atoms with Crippen LogP contribution in [0, 0.1) is 0 Å². The van der Waals surface area contributed by atoms with E-state index in [-0.39, 0.29) is 30.4 Å². The molecule has 0 aliphatic heterocycles. The van der Waals surface area contributed by atoms with Crippen molar-refractivity contribution in [3.63, 3.8) is 0 Å². The van der Waals surface area contributed by atoms with Gasteiger partial charge in [-0.2, -0.15) is 0 Å². The average Bonchev–Trinajstić information content (AvgIpc) is 2.65. The fraction of sp³-hybridized carbons (Fsp3) is 1.00. The van der Waals surface area contributed by atoms with Crippen molar-refractivity contribution in [3.8, 4) is 0 Å². The van der Waals surface area contributed by atoms with Gasteiger partial charge in [0, 0.05) is 12.1 Å². The predicted molar refractivity (Wildman–Crippen MR) is 110 cm³/mol. The molecule has 4 N–H and O–H groups in total. The molecule has 6 nitrogen and oxygen atoms in total. The van der Waals surface area contributed by atoms with Crippen LogP contribution in [-0.2, 0) is 18.9 Å². The first-order valence-corrected chi connectivity index (χ1v) is 10.4. The highest BCUT2D eigenvalue weighted by atomic mass is 16.6. The molecule has 6 heteroatoms. The van der Waals surface area contributed by atoms with Crippen molar-refractivity contribution in [3.05, 3.63) is 0 Å². The fourth-order valence-electron chi connectivity index (χ4n) is 1.92. The van der Waals surface area contributed by atoms with Crippen LogP contribution in [-0.4, -0.2) is 63.4 Å². The summed E-state index contributed by atoms with van der Waals surface area (Å²) < 4.78 is 23.0. The van der Waals surface area contributed by atoms with Crippen LogP contribution in [0.1, 0.15) is 67.7 Å². The second-order valence-corrected chi connectivity index (χ2v) is 6.55. The van der Waals surface area contributed by atoms with E-state index in [1.54, 1.807) is 0 Å². The van der Waals surface area contributed by atoms with E-state index >= 15 is 0 Å². The zero-order chi connectivity index (χ0) is 20.4. The summed E-state index contributed by atoms with van der Waals surface area (Å²) in [7, 11) is 0. The van der Waals surface area contributed by atoms with Crippen LogP contribution in [0.5, 0.6) is 0 Å². The first-order chi connectivity index (χ1) is 12.4. The Morgan fingerprint density at radius 2 is 1.19 bits per heavy atom. The van der Waals surface area contributed by atoms with Gasteiger partial charge in [0.1, 0.15) is 0 Å². The minimum absolute atomic E-state index is 0.0216. The van der Waals surface area contributed by atoms with E-state index in [2.05, 4.69) is 20.8 Å². The molecule has 5 atom stereocenters. The lowest BCUT2D eigenvalue weighted by molar-refractivity contribution is -0.0806. The highest BCUT2D eigenvalue weighted by Gasteiger charge is 2.13. The summed E-state index contributed by atoms with van der Waals surface area (Å²) in [6.07, 6.45) is 2.94. The van der Waals surface area contributed by atoms with Crippen molar-refractivity contribution in [2.75, 3.05) is 33.0 Å². The standard InChI is InChI=1S/C18H40N2O4.C2H6/c1-6-16(20)11-24-17(7-2)12-21-10-15(5)22-13-18(8-3)23-9-14(4)19;1-2/h14-18H,6-13,19-20H2,1-5H3;1-2H3. The van der Waals surface area contributed by atoms with Crippen LogP contribution in [0.15, 0.2) is 0 Å². The van der Waals surface area contributed by atoms with Gasteiger partial charge >= 0.3 is 0 Å². The lowest BCUT2D eigenvalue weighted by atomic mass is 10.2. The maximum absolute atomic E-state index is 5.87. The fourth-order valence-corrected chi connectivity index (χ4v) is 1.92. The zero-order valence-corrected chi connectivity index (χ0v) is 18.3. The minimum atomic E-state index is 0.0216. The van der Waals surface area contributed by atoms with Crippen LogP contribution in [0.2, 0.25) is 0 Å². The summed E-state index contributed by atoms with van der Waals surface area (Å²) >= 11 is 0. The van der Waals surface area contributed by atoms with E-state index < -0.39 is 0 Å². The Morgan fingerprint density at radius 3 is 1.69 bits per heavy atom. The SMILES string of the molecule is CC.CCC(N)COC(CC)COCC(C)OCC(CC)OCC(C)N. The lowest BCUT2D eigenvalue weighted by Gasteiger charge is -2.22. The van der Waals surface area contributed by atoms with Gasteiger partial charge in [-0.3, -0.25) is 0 Å². The molecule has 0 fully saturated rings. The molecule has 0 aliphatic rings. The summed E-state index contributed by atoms with van der Waals surface area (Å²) in [6.45, 7) is 17.0. The molecule has 0 rings (SSSR count). The molecule has 160 valence electrons. The van der Waals surface area contributed by atoms with Gasteiger partial charge in [-0.15, -0.1) is 0 Å². The first kappa shape index (κ1) is 28.0. The minimum Gasteiger partial charge on any atom is -0.376 e. The third-order valence-corrected chi connectivity index (χ3v) is 3.80. The molecule has 0 aliphatic carbocycles. The quantitative estimate of drug-likeness (QED) is 0.429. The summed E-state index contributed by atoms with van der Waals surface area (Å²) in [6, 6.07) is 0.148. The van der Waals surface area contributed by atoms with Gasteiger partial charge < -0.3 is 30.4 Å². The molecule has 0 aromatic carbocycles. The van der Waals surface area contributed by atoms with Crippen molar-refractivity contribution >= 4 is 0 Å². The van der Waals surface area contributed by atoms with Crippen LogP contribution in [0.3, 0.4) is 0 Å². The number of hydrogen-bond acceptors (Lipinski definition) is 6. The van der Waals surface area contributed by atoms with Crippen LogP contribution in [0.4, 0.5) is 0 Å². The molecular weight excluding hydrogens is 332 g/mol. The van der Waals surface area contributed by atoms with Crippen molar-refractivity contribution in [2.24, 2.45) is 11.5 Å². The van der Waals surface area contributed by atoms with E-state index in [4.69, 9.17) is 30.4 Å². The summed E-state index contributed by atoms with van der Waals surface area (Å²) in [5.41, 5.74) is 11.6. The highest BCUT2D eigenvalue weighted by Crippen LogP contribution is 2.05. The Hall–Kier alpha value is -0.240. The smallest absolute Gasteiger partial charge is 0.0806 e. The van der Waals surface area contributed by atoms with Crippen LogP contribution in [0.25, 0.3) is 0 Å². The second kappa shape index (κ2) is 19.5. The normalized spacial score (nSPS) is 17.0. The molecule has 0 bridgehead atoms. The molecule has 5 unspecified atom stereocenters. The van der Waals surface area contributed by atoms with Gasteiger partial charge in [-0.05, 0) is 33.1 Å². The zero-order valence-electron chi connectivity index (χ0n) is 18.3. The third-order valence-electron chi connectivity index (χ3n) is 3.80. The second-order valence-electron chi connectivity index (χ2n) is 6.55. The molecule has 0 heterocycles. The van der Waals surface area contributed by atoms with E-state index in [0.29, 0.717) is 33.0 Å². The maximum atomic E-state index is 5.87. The first-order valence-electron chi connectivity index (χ1n) is 10.4. The Bertz CT molecular complexity index is 281. The molecule has 26 heavy (non-hydrogen) atoms. The molecular formula is C20H46N2O4. The highest BCUT2D eigenvalue weighted by molar-refractivity contribution is 4.62. The molecule has 0 amide bonds. The van der Waals surface area contributed by atoms with Crippen molar-refractivity contribution < 1.29 is 18.9 Å². The lowest BCUT2D eigenvalue weighted by Crippen LogP contribution is -2.32. The molecule has 0 radical (unpaired) electrons. The number of ether oxygens (including phenoxy) is 4. The van der Waals surface area contributed by atoms with Crippen molar-refractivity contribution in [2.45, 2.75) is 98.1 Å². The van der Waals surface area contributed by atoms with E-state index in [1.807, 2.05) is 27.7 Å². The summed E-state index contributed by atoms with van der Waals surface area (Å²) in [5, 5.41) is 0. The van der Waals surface area contributed by atoms with E-state index in [9.17, 15) is 0 Å². The third kappa shape index (κ3) is 17.2. The molecule has 0 aromatic heterocycles. The monoisotopic (exact) mass is 378 g/mol. The predicted octanol–water partition coefficient (Wildman–Crippen LogP) is 3.11. The number of hydrogen-bond donors (Lipinski definition) is 2. The van der Waals surface area contributed by atoms with Gasteiger partial charge in [-0.25, -0.2) is 0 Å². The van der Waals surface area contributed by atoms with Gasteiger partial charge in [0.05, 0.1) is 51.3 Å². The maximum Gasteiger partial charge on any atom is 0.0806 e. The number of nitrogens with two attached hydrogens (primary N) is 2. The summed E-state index contributed by atoms with van der Waals surface area (Å²) in [4.78, 5) is 0. The van der Waals surface area contributed by atoms with Crippen LogP contribution < -0.4 is 11.5 Å². The molecule has 0 saturated carbocycles. The Balaban J connectivity index is 0. The van der Waals surface area contributed by atoms with Gasteiger partial charge in [0.25, 0.3) is 0 Å². The Labute approximate surface area is 162 Å². The Morgan fingerprint density at radius 1 is 0.654 bits per heavy atom. The molecule has 0 spiro atoms. The topological polar surface area (TPSA) is 89.0 Å². The van der Waals surface area contributed by atoms with Gasteiger partial charge in [-0.1, -0.05) is 34.6 Å². The van der Waals surface area contributed by atoms with Gasteiger partial charge in [0.2, 0.25) is 0 Å².